The minimum absolute atomic E-state index is 0.103. The lowest BCUT2D eigenvalue weighted by molar-refractivity contribution is -0.120. The molecule has 156 valence electrons. The number of carbonyl (C=O) groups excluding carboxylic acids is 1. The highest BCUT2D eigenvalue weighted by atomic mass is 19.1. The Morgan fingerprint density at radius 1 is 1.00 bits per heavy atom. The number of halogens is 2. The Morgan fingerprint density at radius 2 is 1.71 bits per heavy atom. The molecule has 1 N–H and O–H groups in total. The minimum atomic E-state index is -0.343. The van der Waals surface area contributed by atoms with Gasteiger partial charge < -0.3 is 4.57 Å². The van der Waals surface area contributed by atoms with Gasteiger partial charge >= 0.3 is 0 Å². The zero-order valence-corrected chi connectivity index (χ0v) is 17.0. The summed E-state index contributed by atoms with van der Waals surface area (Å²) in [6.45, 7) is 2.34. The lowest BCUT2D eigenvalue weighted by atomic mass is 10.1. The van der Waals surface area contributed by atoms with Gasteiger partial charge in [0.1, 0.15) is 11.6 Å². The molecule has 4 nitrogen and oxygen atoms in total. The van der Waals surface area contributed by atoms with E-state index in [2.05, 4.69) is 10.5 Å². The fourth-order valence-electron chi connectivity index (χ4n) is 3.62. The maximum atomic E-state index is 14.2. The molecule has 4 aromatic rings. The monoisotopic (exact) mass is 417 g/mol. The summed E-state index contributed by atoms with van der Waals surface area (Å²) in [7, 11) is 0. The smallest absolute Gasteiger partial charge is 0.244 e. The van der Waals surface area contributed by atoms with E-state index in [0.717, 1.165) is 22.2 Å². The van der Waals surface area contributed by atoms with Crippen molar-refractivity contribution in [2.45, 2.75) is 19.9 Å². The predicted molar refractivity (Wildman–Crippen MR) is 118 cm³/mol. The van der Waals surface area contributed by atoms with Gasteiger partial charge in [-0.1, -0.05) is 48.5 Å². The van der Waals surface area contributed by atoms with Gasteiger partial charge in [0, 0.05) is 27.7 Å². The number of aromatic nitrogens is 1. The third-order valence-corrected chi connectivity index (χ3v) is 5.23. The zero-order chi connectivity index (χ0) is 21.8. The average Bonchev–Trinajstić information content (AvgIpc) is 3.03. The van der Waals surface area contributed by atoms with Gasteiger partial charge in [0.15, 0.2) is 0 Å². The first-order valence-electron chi connectivity index (χ1n) is 9.90. The van der Waals surface area contributed by atoms with Crippen LogP contribution in [-0.2, 0) is 17.8 Å². The van der Waals surface area contributed by atoms with Crippen LogP contribution in [0.15, 0.2) is 77.9 Å². The summed E-state index contributed by atoms with van der Waals surface area (Å²) >= 11 is 0. The highest BCUT2D eigenvalue weighted by Gasteiger charge is 2.14. The van der Waals surface area contributed by atoms with Crippen molar-refractivity contribution in [2.75, 3.05) is 0 Å². The molecule has 0 bridgehead atoms. The van der Waals surface area contributed by atoms with Gasteiger partial charge in [0.05, 0.1) is 19.2 Å². The number of nitrogens with zero attached hydrogens (tertiary/aromatic N) is 2. The van der Waals surface area contributed by atoms with Crippen molar-refractivity contribution in [2.24, 2.45) is 5.10 Å². The summed E-state index contributed by atoms with van der Waals surface area (Å²) in [5.74, 6) is -0.886. The van der Waals surface area contributed by atoms with Gasteiger partial charge in [-0.15, -0.1) is 0 Å². The average molecular weight is 417 g/mol. The van der Waals surface area contributed by atoms with Gasteiger partial charge in [-0.3, -0.25) is 4.79 Å². The number of hydrazone groups is 1. The van der Waals surface area contributed by atoms with Crippen LogP contribution in [0.4, 0.5) is 8.78 Å². The highest BCUT2D eigenvalue weighted by molar-refractivity contribution is 6.01. The van der Waals surface area contributed by atoms with Crippen molar-refractivity contribution in [3.05, 3.63) is 107 Å². The first-order valence-corrected chi connectivity index (χ1v) is 9.90. The van der Waals surface area contributed by atoms with Gasteiger partial charge in [-0.25, -0.2) is 14.2 Å². The number of para-hydroxylation sites is 1. The Hall–Kier alpha value is -3.80. The summed E-state index contributed by atoms with van der Waals surface area (Å²) in [5.41, 5.74) is 6.56. The number of hydrogen-bond donors (Lipinski definition) is 1. The second-order valence-corrected chi connectivity index (χ2v) is 7.29. The van der Waals surface area contributed by atoms with Crippen molar-refractivity contribution in [3.63, 3.8) is 0 Å². The van der Waals surface area contributed by atoms with Crippen LogP contribution in [0.25, 0.3) is 10.9 Å². The van der Waals surface area contributed by atoms with Crippen molar-refractivity contribution in [3.8, 4) is 0 Å². The summed E-state index contributed by atoms with van der Waals surface area (Å²) in [5, 5.41) is 5.08. The second-order valence-electron chi connectivity index (χ2n) is 7.29. The van der Waals surface area contributed by atoms with E-state index >= 15 is 0 Å². The van der Waals surface area contributed by atoms with E-state index in [1.165, 1.54) is 18.2 Å². The topological polar surface area (TPSA) is 46.4 Å². The Labute approximate surface area is 178 Å². The molecule has 0 spiro atoms. The van der Waals surface area contributed by atoms with Crippen LogP contribution in [-0.4, -0.2) is 16.7 Å². The summed E-state index contributed by atoms with van der Waals surface area (Å²) < 4.78 is 29.2. The highest BCUT2D eigenvalue weighted by Crippen LogP contribution is 2.26. The number of fused-ring (bicyclic) bond motifs is 1. The standard InChI is InChI=1S/C25H21F2N3O/c1-17-22(15-28-29-25(31)14-18-10-12-20(26)13-11-18)21-7-3-5-9-24(21)30(17)16-19-6-2-4-8-23(19)27/h2-13,15H,14,16H2,1H3,(H,29,31)/b28-15+. The molecule has 0 aliphatic carbocycles. The van der Waals surface area contributed by atoms with Crippen molar-refractivity contribution < 1.29 is 13.6 Å². The molecule has 1 aromatic heterocycles. The molecule has 4 rings (SSSR count). The molecule has 0 unspecified atom stereocenters. The molecule has 0 saturated heterocycles. The van der Waals surface area contributed by atoms with Crippen LogP contribution in [0.2, 0.25) is 0 Å². The molecule has 0 saturated carbocycles. The summed E-state index contributed by atoms with van der Waals surface area (Å²) in [6, 6.07) is 20.3. The summed E-state index contributed by atoms with van der Waals surface area (Å²) in [6.07, 6.45) is 1.71. The van der Waals surface area contributed by atoms with Gasteiger partial charge in [-0.2, -0.15) is 5.10 Å². The molecule has 0 radical (unpaired) electrons. The van der Waals surface area contributed by atoms with E-state index in [0.29, 0.717) is 17.7 Å². The van der Waals surface area contributed by atoms with E-state index in [4.69, 9.17) is 0 Å². The van der Waals surface area contributed by atoms with Gasteiger partial charge in [0.2, 0.25) is 5.91 Å². The van der Waals surface area contributed by atoms with Crippen LogP contribution >= 0.6 is 0 Å². The van der Waals surface area contributed by atoms with Crippen LogP contribution in [0.1, 0.15) is 22.4 Å². The fourth-order valence-corrected chi connectivity index (χ4v) is 3.62. The van der Waals surface area contributed by atoms with Crippen molar-refractivity contribution in [1.29, 1.82) is 0 Å². The molecule has 0 aliphatic rings. The SMILES string of the molecule is Cc1c(/C=N/NC(=O)Cc2ccc(F)cc2)c2ccccc2n1Cc1ccccc1F. The molecule has 0 atom stereocenters. The molecule has 1 heterocycles. The van der Waals surface area contributed by atoms with E-state index in [1.54, 1.807) is 30.5 Å². The molecule has 31 heavy (non-hydrogen) atoms. The first kappa shape index (κ1) is 20.5. The Kier molecular flexibility index (Phi) is 5.89. The van der Waals surface area contributed by atoms with E-state index in [1.807, 2.05) is 41.8 Å². The van der Waals surface area contributed by atoms with E-state index in [9.17, 15) is 13.6 Å². The third kappa shape index (κ3) is 4.53. The number of hydrogen-bond acceptors (Lipinski definition) is 2. The fraction of sp³-hybridized carbons (Fsp3) is 0.120. The molecule has 3 aromatic carbocycles. The van der Waals surface area contributed by atoms with Crippen LogP contribution in [0.3, 0.4) is 0 Å². The lowest BCUT2D eigenvalue weighted by Crippen LogP contribution is -2.19. The molecular formula is C25H21F2N3O. The number of rotatable bonds is 6. The molecule has 0 aliphatic heterocycles. The minimum Gasteiger partial charge on any atom is -0.340 e. The summed E-state index contributed by atoms with van der Waals surface area (Å²) in [4.78, 5) is 12.2. The van der Waals surface area contributed by atoms with Gasteiger partial charge in [-0.05, 0) is 36.8 Å². The Morgan fingerprint density at radius 3 is 2.48 bits per heavy atom. The van der Waals surface area contributed by atoms with Crippen LogP contribution < -0.4 is 5.43 Å². The van der Waals surface area contributed by atoms with Gasteiger partial charge in [0.25, 0.3) is 0 Å². The Balaban J connectivity index is 1.56. The van der Waals surface area contributed by atoms with E-state index < -0.39 is 0 Å². The number of benzene rings is 3. The molecule has 0 fully saturated rings. The lowest BCUT2D eigenvalue weighted by Gasteiger charge is -2.09. The zero-order valence-electron chi connectivity index (χ0n) is 17.0. The van der Waals surface area contributed by atoms with Crippen molar-refractivity contribution in [1.82, 2.24) is 9.99 Å². The number of nitrogens with one attached hydrogen (secondary N) is 1. The molecule has 6 heteroatoms. The third-order valence-electron chi connectivity index (χ3n) is 5.23. The maximum Gasteiger partial charge on any atom is 0.244 e. The number of carbonyl (C=O) groups is 1. The van der Waals surface area contributed by atoms with E-state index in [-0.39, 0.29) is 24.0 Å². The van der Waals surface area contributed by atoms with Crippen LogP contribution in [0.5, 0.6) is 0 Å². The van der Waals surface area contributed by atoms with Crippen LogP contribution in [0, 0.1) is 18.6 Å². The second kappa shape index (κ2) is 8.92. The molecule has 1 amide bonds. The Bertz CT molecular complexity index is 1260. The maximum absolute atomic E-state index is 14.2. The van der Waals surface area contributed by atoms with Crippen molar-refractivity contribution >= 4 is 23.0 Å². The quantitative estimate of drug-likeness (QED) is 0.349. The molecular weight excluding hydrogens is 396 g/mol. The predicted octanol–water partition coefficient (Wildman–Crippen LogP) is 4.97. The largest absolute Gasteiger partial charge is 0.340 e. The normalized spacial score (nSPS) is 11.3. The first-order chi connectivity index (χ1) is 15.0. The number of amides is 1.